The maximum Gasteiger partial charge on any atom is 0.222 e. The van der Waals surface area contributed by atoms with E-state index in [0.717, 1.165) is 12.0 Å². The van der Waals surface area contributed by atoms with Gasteiger partial charge in [-0.15, -0.1) is 0 Å². The molecule has 4 nitrogen and oxygen atoms in total. The third kappa shape index (κ3) is 3.16. The van der Waals surface area contributed by atoms with Crippen molar-refractivity contribution in [2.75, 3.05) is 6.54 Å². The molecule has 118 valence electrons. The van der Waals surface area contributed by atoms with Crippen LogP contribution in [0.3, 0.4) is 0 Å². The summed E-state index contributed by atoms with van der Waals surface area (Å²) in [6.07, 6.45) is 3.65. The van der Waals surface area contributed by atoms with Gasteiger partial charge in [-0.1, -0.05) is 24.3 Å². The van der Waals surface area contributed by atoms with Gasteiger partial charge >= 0.3 is 0 Å². The summed E-state index contributed by atoms with van der Waals surface area (Å²) in [6.45, 7) is 4.36. The van der Waals surface area contributed by atoms with Crippen LogP contribution in [0, 0.1) is 5.92 Å². The van der Waals surface area contributed by atoms with E-state index in [1.807, 2.05) is 23.1 Å². The van der Waals surface area contributed by atoms with Gasteiger partial charge in [-0.25, -0.2) is 0 Å². The van der Waals surface area contributed by atoms with Crippen molar-refractivity contribution in [1.82, 2.24) is 10.2 Å². The van der Waals surface area contributed by atoms with Gasteiger partial charge in [-0.2, -0.15) is 0 Å². The molecule has 0 bridgehead atoms. The topological polar surface area (TPSA) is 49.4 Å². The molecule has 1 heterocycles. The predicted octanol–water partition coefficient (Wildman–Crippen LogP) is 2.44. The summed E-state index contributed by atoms with van der Waals surface area (Å²) >= 11 is 0. The van der Waals surface area contributed by atoms with Crippen LogP contribution in [0.25, 0.3) is 0 Å². The van der Waals surface area contributed by atoms with E-state index in [1.165, 1.54) is 18.4 Å². The van der Waals surface area contributed by atoms with Crippen molar-refractivity contribution in [3.8, 4) is 0 Å². The Bertz CT molecular complexity index is 580. The van der Waals surface area contributed by atoms with Crippen molar-refractivity contribution in [2.45, 2.75) is 51.6 Å². The van der Waals surface area contributed by atoms with E-state index in [-0.39, 0.29) is 23.9 Å². The predicted molar refractivity (Wildman–Crippen MR) is 85.2 cm³/mol. The third-order valence-corrected chi connectivity index (χ3v) is 4.91. The van der Waals surface area contributed by atoms with Gasteiger partial charge in [0.2, 0.25) is 11.8 Å². The molecule has 1 aliphatic heterocycles. The highest BCUT2D eigenvalue weighted by Gasteiger charge is 2.33. The normalized spacial score (nSPS) is 21.9. The zero-order valence-corrected chi connectivity index (χ0v) is 13.3. The molecule has 0 spiro atoms. The molecule has 1 aromatic rings. The molecule has 1 fully saturated rings. The first-order chi connectivity index (χ1) is 10.6. The van der Waals surface area contributed by atoms with Gasteiger partial charge in [0.05, 0.1) is 12.5 Å². The molecule has 22 heavy (non-hydrogen) atoms. The smallest absolute Gasteiger partial charge is 0.222 e. The number of carbonyl (C=O) groups excluding carboxylic acids is 2. The molecular weight excluding hydrogens is 276 g/mol. The van der Waals surface area contributed by atoms with Crippen molar-refractivity contribution in [1.29, 1.82) is 0 Å². The van der Waals surface area contributed by atoms with Gasteiger partial charge in [-0.3, -0.25) is 9.59 Å². The first-order valence-electron chi connectivity index (χ1n) is 8.20. The number of benzene rings is 1. The highest BCUT2D eigenvalue weighted by Crippen LogP contribution is 2.34. The van der Waals surface area contributed by atoms with E-state index < -0.39 is 0 Å². The van der Waals surface area contributed by atoms with Crippen LogP contribution < -0.4 is 5.32 Å². The van der Waals surface area contributed by atoms with Crippen LogP contribution in [0.5, 0.6) is 0 Å². The van der Waals surface area contributed by atoms with Gasteiger partial charge in [0.25, 0.3) is 0 Å². The van der Waals surface area contributed by atoms with E-state index in [2.05, 4.69) is 18.3 Å². The lowest BCUT2D eigenvalue weighted by molar-refractivity contribution is -0.133. The van der Waals surface area contributed by atoms with E-state index in [0.29, 0.717) is 18.9 Å². The number of rotatable bonds is 4. The van der Waals surface area contributed by atoms with E-state index in [1.54, 1.807) is 6.92 Å². The van der Waals surface area contributed by atoms with Crippen molar-refractivity contribution in [3.63, 3.8) is 0 Å². The first kappa shape index (κ1) is 15.1. The number of amides is 2. The zero-order valence-electron chi connectivity index (χ0n) is 13.3. The molecule has 0 aromatic heterocycles. The van der Waals surface area contributed by atoms with Crippen LogP contribution in [-0.2, 0) is 16.0 Å². The zero-order chi connectivity index (χ0) is 15.7. The monoisotopic (exact) mass is 300 g/mol. The molecule has 2 amide bonds. The minimum Gasteiger partial charge on any atom is -0.353 e. The summed E-state index contributed by atoms with van der Waals surface area (Å²) < 4.78 is 0. The Morgan fingerprint density at radius 2 is 2.05 bits per heavy atom. The largest absolute Gasteiger partial charge is 0.353 e. The molecule has 1 saturated carbocycles. The van der Waals surface area contributed by atoms with Crippen LogP contribution >= 0.6 is 0 Å². The van der Waals surface area contributed by atoms with E-state index in [4.69, 9.17) is 0 Å². The molecule has 2 unspecified atom stereocenters. The van der Waals surface area contributed by atoms with Crippen LogP contribution in [0.1, 0.15) is 50.3 Å². The molecule has 2 atom stereocenters. The van der Waals surface area contributed by atoms with Crippen molar-refractivity contribution >= 4 is 11.8 Å². The van der Waals surface area contributed by atoms with Crippen molar-refractivity contribution in [2.24, 2.45) is 5.92 Å². The number of nitrogens with zero attached hydrogens (tertiary/aromatic N) is 1. The summed E-state index contributed by atoms with van der Waals surface area (Å²) in [4.78, 5) is 26.2. The Morgan fingerprint density at radius 1 is 1.32 bits per heavy atom. The fourth-order valence-electron chi connectivity index (χ4n) is 3.45. The van der Waals surface area contributed by atoms with E-state index >= 15 is 0 Å². The number of hydrogen-bond donors (Lipinski definition) is 1. The van der Waals surface area contributed by atoms with Crippen molar-refractivity contribution < 1.29 is 9.59 Å². The second kappa shape index (κ2) is 6.11. The highest BCUT2D eigenvalue weighted by molar-refractivity contribution is 5.80. The highest BCUT2D eigenvalue weighted by atomic mass is 16.2. The SMILES string of the molecule is CC(=O)N1CCc2ccccc2C1CC(=O)NC(C)C1CC1. The molecule has 0 radical (unpaired) electrons. The van der Waals surface area contributed by atoms with Crippen LogP contribution in [-0.4, -0.2) is 29.3 Å². The minimum atomic E-state index is -0.131. The second-order valence-electron chi connectivity index (χ2n) is 6.57. The summed E-state index contributed by atoms with van der Waals surface area (Å²) in [7, 11) is 0. The quantitative estimate of drug-likeness (QED) is 0.928. The van der Waals surface area contributed by atoms with Gasteiger partial charge in [0.1, 0.15) is 0 Å². The number of fused-ring (bicyclic) bond motifs is 1. The molecule has 4 heteroatoms. The summed E-state index contributed by atoms with van der Waals surface area (Å²) in [5.41, 5.74) is 2.38. The molecule has 1 aliphatic carbocycles. The third-order valence-electron chi connectivity index (χ3n) is 4.91. The van der Waals surface area contributed by atoms with Gasteiger partial charge < -0.3 is 10.2 Å². The van der Waals surface area contributed by atoms with Crippen molar-refractivity contribution in [3.05, 3.63) is 35.4 Å². The Balaban J connectivity index is 1.75. The maximum atomic E-state index is 12.4. The molecule has 0 saturated heterocycles. The Labute approximate surface area is 131 Å². The minimum absolute atomic E-state index is 0.0440. The fraction of sp³-hybridized carbons (Fsp3) is 0.556. The molecular formula is C18H24N2O2. The lowest BCUT2D eigenvalue weighted by atomic mass is 9.90. The Morgan fingerprint density at radius 3 is 2.73 bits per heavy atom. The average molecular weight is 300 g/mol. The Hall–Kier alpha value is -1.84. The number of carbonyl (C=O) groups is 2. The molecule has 2 aliphatic rings. The fourth-order valence-corrected chi connectivity index (χ4v) is 3.45. The molecule has 1 N–H and O–H groups in total. The Kier molecular flexibility index (Phi) is 4.19. The molecule has 1 aromatic carbocycles. The summed E-state index contributed by atoms with van der Waals surface area (Å²) in [5, 5.41) is 3.10. The van der Waals surface area contributed by atoms with Gasteiger partial charge in [0.15, 0.2) is 0 Å². The van der Waals surface area contributed by atoms with E-state index in [9.17, 15) is 9.59 Å². The van der Waals surface area contributed by atoms with Gasteiger partial charge in [0, 0.05) is 19.5 Å². The number of nitrogens with one attached hydrogen (secondary N) is 1. The van der Waals surface area contributed by atoms with Crippen LogP contribution in [0.4, 0.5) is 0 Å². The van der Waals surface area contributed by atoms with Crippen LogP contribution in [0.15, 0.2) is 24.3 Å². The second-order valence-corrected chi connectivity index (χ2v) is 6.57. The maximum absolute atomic E-state index is 12.4. The van der Waals surface area contributed by atoms with Crippen LogP contribution in [0.2, 0.25) is 0 Å². The van der Waals surface area contributed by atoms with Gasteiger partial charge in [-0.05, 0) is 43.2 Å². The summed E-state index contributed by atoms with van der Waals surface area (Å²) in [5.74, 6) is 0.737. The molecule has 3 rings (SSSR count). The standard InChI is InChI=1S/C18H24N2O2/c1-12(14-7-8-14)19-18(22)11-17-16-6-4-3-5-15(16)9-10-20(17)13(2)21/h3-6,12,14,17H,7-11H2,1-2H3,(H,19,22). The summed E-state index contributed by atoms with van der Waals surface area (Å²) in [6, 6.07) is 8.28. The lowest BCUT2D eigenvalue weighted by Crippen LogP contribution is -2.42. The lowest BCUT2D eigenvalue weighted by Gasteiger charge is -2.36. The average Bonchev–Trinajstić information content (AvgIpc) is 3.31. The first-order valence-corrected chi connectivity index (χ1v) is 8.20. The number of hydrogen-bond acceptors (Lipinski definition) is 2.